The van der Waals surface area contributed by atoms with Crippen molar-refractivity contribution in [3.63, 3.8) is 0 Å². The van der Waals surface area contributed by atoms with Crippen LogP contribution in [0.3, 0.4) is 0 Å². The molecule has 0 radical (unpaired) electrons. The number of rotatable bonds is 1. The summed E-state index contributed by atoms with van der Waals surface area (Å²) in [7, 11) is 1.30. The fraction of sp³-hybridized carbons (Fsp3) is 0.286. The molecule has 0 fully saturated rings. The molecule has 0 saturated heterocycles. The lowest BCUT2D eigenvalue weighted by molar-refractivity contribution is -0.136. The Morgan fingerprint density at radius 3 is 2.83 bits per heavy atom. The third-order valence-corrected chi connectivity index (χ3v) is 1.95. The van der Waals surface area contributed by atoms with Crippen molar-refractivity contribution in [3.05, 3.63) is 22.9 Å². The number of alkyl halides is 1. The Labute approximate surface area is 80.0 Å². The lowest BCUT2D eigenvalue weighted by atomic mass is 10.2. The summed E-state index contributed by atoms with van der Waals surface area (Å²) >= 11 is 11.3. The van der Waals surface area contributed by atoms with E-state index < -0.39 is 11.5 Å². The van der Waals surface area contributed by atoms with Gasteiger partial charge in [0.1, 0.15) is 10.7 Å². The number of hydrogen-bond acceptors (Lipinski definition) is 3. The van der Waals surface area contributed by atoms with Gasteiger partial charge in [0.15, 0.2) is 0 Å². The predicted octanol–water partition coefficient (Wildman–Crippen LogP) is 1.33. The minimum absolute atomic E-state index is 0.351. The van der Waals surface area contributed by atoms with Crippen LogP contribution in [0.4, 0.5) is 0 Å². The molecule has 1 aliphatic heterocycles. The second-order valence-corrected chi connectivity index (χ2v) is 2.98. The van der Waals surface area contributed by atoms with Crippen LogP contribution < -0.4 is 5.32 Å². The number of carbonyl (C=O) groups is 1. The largest absolute Gasteiger partial charge is 0.466 e. The number of halogens is 2. The molecule has 1 atom stereocenters. The molecule has 0 aromatic heterocycles. The van der Waals surface area contributed by atoms with E-state index in [0.29, 0.717) is 10.7 Å². The minimum atomic E-state index is -0.616. The zero-order chi connectivity index (χ0) is 9.14. The van der Waals surface area contributed by atoms with E-state index >= 15 is 0 Å². The third kappa shape index (κ3) is 1.93. The van der Waals surface area contributed by atoms with Crippen molar-refractivity contribution < 1.29 is 9.53 Å². The Hall–Kier alpha value is -0.670. The number of dihydropyridines is 1. The molecule has 0 amide bonds. The van der Waals surface area contributed by atoms with Gasteiger partial charge in [-0.1, -0.05) is 23.2 Å². The maximum Gasteiger partial charge on any atom is 0.337 e. The van der Waals surface area contributed by atoms with E-state index in [9.17, 15) is 4.79 Å². The summed E-state index contributed by atoms with van der Waals surface area (Å²) in [5.41, 5.74) is -0.265. The van der Waals surface area contributed by atoms with Crippen LogP contribution in [0.1, 0.15) is 0 Å². The Morgan fingerprint density at radius 2 is 2.33 bits per heavy atom. The van der Waals surface area contributed by atoms with E-state index in [4.69, 9.17) is 23.2 Å². The van der Waals surface area contributed by atoms with Gasteiger partial charge in [0.05, 0.1) is 12.7 Å². The van der Waals surface area contributed by atoms with Gasteiger partial charge >= 0.3 is 5.97 Å². The number of allylic oxidation sites excluding steroid dienone is 2. The number of hydrogen-bond donors (Lipinski definition) is 1. The van der Waals surface area contributed by atoms with Gasteiger partial charge in [-0.2, -0.15) is 0 Å². The van der Waals surface area contributed by atoms with Crippen LogP contribution in [0.25, 0.3) is 0 Å². The molecule has 0 bridgehead atoms. The maximum absolute atomic E-state index is 11.0. The predicted molar refractivity (Wildman–Crippen MR) is 46.8 cm³/mol. The Balaban J connectivity index is 2.82. The summed E-state index contributed by atoms with van der Waals surface area (Å²) in [6, 6.07) is 0. The first-order valence-electron chi connectivity index (χ1n) is 3.21. The van der Waals surface area contributed by atoms with Crippen LogP contribution in [-0.4, -0.2) is 18.6 Å². The highest BCUT2D eigenvalue weighted by Crippen LogP contribution is 2.17. The summed E-state index contributed by atoms with van der Waals surface area (Å²) in [5.74, 6) is -0.456. The van der Waals surface area contributed by atoms with E-state index in [0.717, 1.165) is 0 Å². The molecule has 66 valence electrons. The average Bonchev–Trinajstić information content (AvgIpc) is 2.03. The van der Waals surface area contributed by atoms with Crippen molar-refractivity contribution in [3.8, 4) is 0 Å². The quantitative estimate of drug-likeness (QED) is 0.401. The van der Waals surface area contributed by atoms with E-state index in [-0.39, 0.29) is 0 Å². The normalized spacial score (nSPS) is 22.1. The lowest BCUT2D eigenvalue weighted by Gasteiger charge is -2.17. The van der Waals surface area contributed by atoms with Gasteiger partial charge < -0.3 is 10.1 Å². The number of ether oxygens (including phenoxy) is 1. The van der Waals surface area contributed by atoms with Crippen LogP contribution in [0.15, 0.2) is 22.9 Å². The van der Waals surface area contributed by atoms with Gasteiger partial charge in [-0.15, -0.1) is 0 Å². The van der Waals surface area contributed by atoms with Gasteiger partial charge in [0.2, 0.25) is 0 Å². The standard InChI is InChI=1S/C7H7Cl2NO2/c1-12-7(11)4-2-3-5(8)10-6(4)9/h2-3,6,10H,1H3. The van der Waals surface area contributed by atoms with Crippen LogP contribution in [0, 0.1) is 0 Å². The molecule has 3 nitrogen and oxygen atoms in total. The Bertz CT molecular complexity index is 260. The molecule has 0 aliphatic carbocycles. The van der Waals surface area contributed by atoms with Crippen molar-refractivity contribution in [2.75, 3.05) is 7.11 Å². The highest BCUT2D eigenvalue weighted by molar-refractivity contribution is 6.31. The number of esters is 1. The monoisotopic (exact) mass is 207 g/mol. The summed E-state index contributed by atoms with van der Waals surface area (Å²) in [6.07, 6.45) is 3.08. The van der Waals surface area contributed by atoms with Gasteiger partial charge in [-0.05, 0) is 12.2 Å². The molecule has 5 heteroatoms. The van der Waals surface area contributed by atoms with Crippen molar-refractivity contribution in [1.29, 1.82) is 0 Å². The molecule has 1 heterocycles. The second kappa shape index (κ2) is 3.83. The van der Waals surface area contributed by atoms with Crippen molar-refractivity contribution in [1.82, 2.24) is 5.32 Å². The number of carbonyl (C=O) groups excluding carboxylic acids is 1. The molecule has 0 saturated carbocycles. The second-order valence-electron chi connectivity index (χ2n) is 2.14. The Morgan fingerprint density at radius 1 is 1.67 bits per heavy atom. The first-order chi connectivity index (χ1) is 5.65. The molecule has 1 rings (SSSR count). The van der Waals surface area contributed by atoms with Crippen molar-refractivity contribution in [2.24, 2.45) is 0 Å². The van der Waals surface area contributed by atoms with Crippen LogP contribution >= 0.6 is 23.2 Å². The molecule has 1 N–H and O–H groups in total. The highest BCUT2D eigenvalue weighted by atomic mass is 35.5. The summed E-state index contributed by atoms with van der Waals surface area (Å²) in [6.45, 7) is 0. The van der Waals surface area contributed by atoms with Gasteiger partial charge in [-0.3, -0.25) is 0 Å². The topological polar surface area (TPSA) is 38.3 Å². The van der Waals surface area contributed by atoms with E-state index in [2.05, 4.69) is 10.1 Å². The van der Waals surface area contributed by atoms with Gasteiger partial charge in [0.25, 0.3) is 0 Å². The minimum Gasteiger partial charge on any atom is -0.466 e. The molecular weight excluding hydrogens is 201 g/mol. The number of methoxy groups -OCH3 is 1. The summed E-state index contributed by atoms with van der Waals surface area (Å²) < 4.78 is 4.49. The molecule has 1 unspecified atom stereocenters. The maximum atomic E-state index is 11.0. The summed E-state index contributed by atoms with van der Waals surface area (Å²) in [4.78, 5) is 11.0. The molecule has 1 aliphatic rings. The zero-order valence-corrected chi connectivity index (χ0v) is 7.82. The van der Waals surface area contributed by atoms with Gasteiger partial charge in [0, 0.05) is 0 Å². The smallest absolute Gasteiger partial charge is 0.337 e. The molecule has 0 spiro atoms. The first-order valence-corrected chi connectivity index (χ1v) is 4.03. The average molecular weight is 208 g/mol. The van der Waals surface area contributed by atoms with E-state index in [1.165, 1.54) is 13.2 Å². The molecule has 12 heavy (non-hydrogen) atoms. The van der Waals surface area contributed by atoms with Crippen molar-refractivity contribution >= 4 is 29.2 Å². The first kappa shape index (κ1) is 9.42. The van der Waals surface area contributed by atoms with E-state index in [1.54, 1.807) is 6.08 Å². The van der Waals surface area contributed by atoms with Crippen LogP contribution in [0.2, 0.25) is 0 Å². The van der Waals surface area contributed by atoms with Crippen LogP contribution in [0.5, 0.6) is 0 Å². The fourth-order valence-corrected chi connectivity index (χ4v) is 1.29. The lowest BCUT2D eigenvalue weighted by Crippen LogP contribution is -2.29. The van der Waals surface area contributed by atoms with E-state index in [1.807, 2.05) is 0 Å². The van der Waals surface area contributed by atoms with Gasteiger partial charge in [-0.25, -0.2) is 4.79 Å². The Kier molecular flexibility index (Phi) is 3.00. The highest BCUT2D eigenvalue weighted by Gasteiger charge is 2.21. The zero-order valence-electron chi connectivity index (χ0n) is 6.30. The summed E-state index contributed by atoms with van der Waals surface area (Å²) in [5, 5.41) is 3.07. The van der Waals surface area contributed by atoms with Crippen molar-refractivity contribution in [2.45, 2.75) is 5.50 Å². The third-order valence-electron chi connectivity index (χ3n) is 1.37. The molecular formula is C7H7Cl2NO2. The SMILES string of the molecule is COC(=O)C1=CC=C(Cl)NC1Cl. The van der Waals surface area contributed by atoms with Crippen LogP contribution in [-0.2, 0) is 9.53 Å². The fourth-order valence-electron chi connectivity index (χ4n) is 0.784. The molecule has 0 aromatic rings. The number of nitrogens with one attached hydrogen (secondary N) is 1. The molecule has 0 aromatic carbocycles.